The molecule has 0 spiro atoms. The summed E-state index contributed by atoms with van der Waals surface area (Å²) in [6.45, 7) is 1.57. The Kier molecular flexibility index (Phi) is 1.14. The van der Waals surface area contributed by atoms with Crippen molar-refractivity contribution in [1.82, 2.24) is 5.32 Å². The molecule has 0 aromatic heterocycles. The van der Waals surface area contributed by atoms with Crippen LogP contribution in [0.25, 0.3) is 0 Å². The van der Waals surface area contributed by atoms with Crippen LogP contribution in [0.3, 0.4) is 0 Å². The summed E-state index contributed by atoms with van der Waals surface area (Å²) in [4.78, 5) is 10.9. The zero-order valence-electron chi connectivity index (χ0n) is 5.42. The summed E-state index contributed by atoms with van der Waals surface area (Å²) in [5.74, 6) is -0.142. The zero-order valence-corrected chi connectivity index (χ0v) is 5.42. The molecule has 0 radical (unpaired) electrons. The maximum absolute atomic E-state index is 10.9. The van der Waals surface area contributed by atoms with Gasteiger partial charge in [0.25, 0.3) is 5.91 Å². The minimum Gasteiger partial charge on any atom is -0.311 e. The van der Waals surface area contributed by atoms with Gasteiger partial charge in [-0.2, -0.15) is 0 Å². The Bertz CT molecular complexity index is 233. The first-order chi connectivity index (χ1) is 4.88. The lowest BCUT2D eigenvalue weighted by molar-refractivity contribution is -0.114. The van der Waals surface area contributed by atoms with Crippen LogP contribution in [0.5, 0.6) is 0 Å². The van der Waals surface area contributed by atoms with E-state index in [0.29, 0.717) is 6.54 Å². The fourth-order valence-corrected chi connectivity index (χ4v) is 1.16. The topological polar surface area (TPSA) is 53.8 Å². The van der Waals surface area contributed by atoms with Gasteiger partial charge in [-0.1, -0.05) is 0 Å². The van der Waals surface area contributed by atoms with Crippen molar-refractivity contribution in [1.29, 1.82) is 0 Å². The third kappa shape index (κ3) is 0.690. The number of hydrogen-bond donors (Lipinski definition) is 1. The van der Waals surface area contributed by atoms with E-state index in [1.807, 2.05) is 0 Å². The van der Waals surface area contributed by atoms with Crippen LogP contribution in [-0.4, -0.2) is 19.0 Å². The molecule has 0 atom stereocenters. The summed E-state index contributed by atoms with van der Waals surface area (Å²) in [6.07, 6.45) is 0.779. The number of carbonyl (C=O) groups is 1. The number of nitrogens with zero attached hydrogens (tertiary/aromatic N) is 2. The van der Waals surface area contributed by atoms with E-state index in [2.05, 4.69) is 15.5 Å². The Balaban J connectivity index is 2.36. The summed E-state index contributed by atoms with van der Waals surface area (Å²) in [7, 11) is 0. The second kappa shape index (κ2) is 1.98. The number of rotatable bonds is 0. The van der Waals surface area contributed by atoms with E-state index >= 15 is 0 Å². The van der Waals surface area contributed by atoms with Crippen molar-refractivity contribution in [3.8, 4) is 0 Å². The normalized spacial score (nSPS) is 23.8. The number of amides is 1. The van der Waals surface area contributed by atoms with E-state index in [-0.39, 0.29) is 5.91 Å². The molecule has 0 fully saturated rings. The minimum atomic E-state index is -0.142. The van der Waals surface area contributed by atoms with Gasteiger partial charge >= 0.3 is 0 Å². The SMILES string of the molecule is O=C1N=NC2=C1CCNC2. The van der Waals surface area contributed by atoms with Crippen LogP contribution in [0.15, 0.2) is 21.5 Å². The molecule has 2 aliphatic rings. The first-order valence-electron chi connectivity index (χ1n) is 3.27. The first kappa shape index (κ1) is 5.73. The summed E-state index contributed by atoms with van der Waals surface area (Å²) >= 11 is 0. The van der Waals surface area contributed by atoms with Gasteiger partial charge in [-0.3, -0.25) is 4.79 Å². The van der Waals surface area contributed by atoms with Crippen LogP contribution in [0.1, 0.15) is 6.42 Å². The van der Waals surface area contributed by atoms with Gasteiger partial charge in [0.15, 0.2) is 0 Å². The number of carbonyl (C=O) groups excluding carboxylic acids is 1. The largest absolute Gasteiger partial charge is 0.311 e. The van der Waals surface area contributed by atoms with Crippen LogP contribution in [0.2, 0.25) is 0 Å². The molecule has 2 aliphatic heterocycles. The van der Waals surface area contributed by atoms with Crippen molar-refractivity contribution in [2.45, 2.75) is 6.42 Å². The van der Waals surface area contributed by atoms with E-state index in [0.717, 1.165) is 24.2 Å². The van der Waals surface area contributed by atoms with E-state index in [1.54, 1.807) is 0 Å². The van der Waals surface area contributed by atoms with Crippen LogP contribution in [0.4, 0.5) is 0 Å². The van der Waals surface area contributed by atoms with Crippen molar-refractivity contribution < 1.29 is 4.79 Å². The smallest absolute Gasteiger partial charge is 0.293 e. The summed E-state index contributed by atoms with van der Waals surface area (Å²) in [5.41, 5.74) is 1.63. The predicted octanol–water partition coefficient (Wildman–Crippen LogP) is 0.226. The fraction of sp³-hybridized carbons (Fsp3) is 0.500. The lowest BCUT2D eigenvalue weighted by Crippen LogP contribution is -2.24. The van der Waals surface area contributed by atoms with E-state index in [1.165, 1.54) is 0 Å². The Morgan fingerprint density at radius 1 is 1.40 bits per heavy atom. The fourth-order valence-electron chi connectivity index (χ4n) is 1.16. The van der Waals surface area contributed by atoms with Gasteiger partial charge in [-0.15, -0.1) is 10.2 Å². The van der Waals surface area contributed by atoms with E-state index in [9.17, 15) is 4.79 Å². The molecule has 2 heterocycles. The van der Waals surface area contributed by atoms with Crippen LogP contribution in [-0.2, 0) is 4.79 Å². The predicted molar refractivity (Wildman–Crippen MR) is 34.4 cm³/mol. The van der Waals surface area contributed by atoms with Crippen molar-refractivity contribution >= 4 is 5.91 Å². The highest BCUT2D eigenvalue weighted by Gasteiger charge is 2.22. The number of hydrogen-bond acceptors (Lipinski definition) is 3. The highest BCUT2D eigenvalue weighted by atomic mass is 16.2. The molecule has 4 heteroatoms. The zero-order chi connectivity index (χ0) is 6.97. The monoisotopic (exact) mass is 137 g/mol. The molecule has 0 aromatic carbocycles. The summed E-state index contributed by atoms with van der Waals surface area (Å²) in [5, 5.41) is 10.3. The average molecular weight is 137 g/mol. The highest BCUT2D eigenvalue weighted by molar-refractivity contribution is 5.96. The molecule has 0 saturated carbocycles. The Hall–Kier alpha value is -1.03. The lowest BCUT2D eigenvalue weighted by Gasteiger charge is -2.10. The van der Waals surface area contributed by atoms with Crippen molar-refractivity contribution in [3.05, 3.63) is 11.3 Å². The third-order valence-electron chi connectivity index (χ3n) is 1.71. The van der Waals surface area contributed by atoms with Crippen LogP contribution >= 0.6 is 0 Å². The molecule has 0 saturated heterocycles. The Morgan fingerprint density at radius 2 is 2.30 bits per heavy atom. The number of azo groups is 1. The lowest BCUT2D eigenvalue weighted by atomic mass is 10.1. The molecular weight excluding hydrogens is 130 g/mol. The van der Waals surface area contributed by atoms with Crippen LogP contribution in [0, 0.1) is 0 Å². The molecule has 0 bridgehead atoms. The second-order valence-corrected chi connectivity index (χ2v) is 2.36. The van der Waals surface area contributed by atoms with Gasteiger partial charge in [-0.25, -0.2) is 0 Å². The third-order valence-corrected chi connectivity index (χ3v) is 1.71. The molecule has 1 amide bonds. The van der Waals surface area contributed by atoms with Gasteiger partial charge in [0.2, 0.25) is 0 Å². The molecule has 1 N–H and O–H groups in total. The Labute approximate surface area is 58.0 Å². The van der Waals surface area contributed by atoms with Crippen molar-refractivity contribution in [2.75, 3.05) is 13.1 Å². The van der Waals surface area contributed by atoms with Gasteiger partial charge < -0.3 is 5.32 Å². The first-order valence-corrected chi connectivity index (χ1v) is 3.27. The average Bonchev–Trinajstić information content (AvgIpc) is 2.34. The maximum Gasteiger partial charge on any atom is 0.293 e. The van der Waals surface area contributed by atoms with E-state index in [4.69, 9.17) is 0 Å². The molecule has 52 valence electrons. The van der Waals surface area contributed by atoms with Crippen molar-refractivity contribution in [3.63, 3.8) is 0 Å². The quantitative estimate of drug-likeness (QED) is 0.519. The molecule has 0 aromatic rings. The highest BCUT2D eigenvalue weighted by Crippen LogP contribution is 2.20. The van der Waals surface area contributed by atoms with Gasteiger partial charge in [0.05, 0.1) is 5.70 Å². The standard InChI is InChI=1S/C6H7N3O/c10-6-4-1-2-7-3-5(4)8-9-6/h7H,1-3H2. The second-order valence-electron chi connectivity index (χ2n) is 2.36. The molecular formula is C6H7N3O. The Morgan fingerprint density at radius 3 is 3.10 bits per heavy atom. The molecule has 4 nitrogen and oxygen atoms in total. The van der Waals surface area contributed by atoms with Crippen LogP contribution < -0.4 is 5.32 Å². The maximum atomic E-state index is 10.9. The molecule has 2 rings (SSSR count). The van der Waals surface area contributed by atoms with Gasteiger partial charge in [0, 0.05) is 12.1 Å². The molecule has 0 aliphatic carbocycles. The summed E-state index contributed by atoms with van der Waals surface area (Å²) < 4.78 is 0. The minimum absolute atomic E-state index is 0.142. The number of nitrogens with one attached hydrogen (secondary N) is 1. The summed E-state index contributed by atoms with van der Waals surface area (Å²) in [6, 6.07) is 0. The van der Waals surface area contributed by atoms with Gasteiger partial charge in [-0.05, 0) is 13.0 Å². The van der Waals surface area contributed by atoms with Crippen molar-refractivity contribution in [2.24, 2.45) is 10.2 Å². The molecule has 0 unspecified atom stereocenters. The van der Waals surface area contributed by atoms with Gasteiger partial charge in [0.1, 0.15) is 0 Å². The van der Waals surface area contributed by atoms with E-state index < -0.39 is 0 Å². The molecule has 10 heavy (non-hydrogen) atoms.